The van der Waals surface area contributed by atoms with Gasteiger partial charge in [-0.05, 0) is 29.8 Å². The first-order valence-electron chi connectivity index (χ1n) is 9.92. The molecule has 0 spiro atoms. The summed E-state index contributed by atoms with van der Waals surface area (Å²) >= 11 is 0. The lowest BCUT2D eigenvalue weighted by atomic mass is 9.97. The smallest absolute Gasteiger partial charge is 0.266 e. The van der Waals surface area contributed by atoms with Crippen LogP contribution in [0.5, 0.6) is 5.75 Å². The number of amides is 1. The van der Waals surface area contributed by atoms with Gasteiger partial charge in [0, 0.05) is 31.6 Å². The van der Waals surface area contributed by atoms with Crippen molar-refractivity contribution in [2.45, 2.75) is 24.9 Å². The number of benzene rings is 2. The summed E-state index contributed by atoms with van der Waals surface area (Å²) in [5.74, 6) is 0.847. The van der Waals surface area contributed by atoms with Crippen LogP contribution in [0.4, 0.5) is 0 Å². The highest BCUT2D eigenvalue weighted by Gasteiger charge is 2.43. The molecule has 30 heavy (non-hydrogen) atoms. The molecular formula is C23H27N3O4. The summed E-state index contributed by atoms with van der Waals surface area (Å²) in [6.45, 7) is 4.96. The van der Waals surface area contributed by atoms with E-state index in [1.807, 2.05) is 54.6 Å². The van der Waals surface area contributed by atoms with Crippen molar-refractivity contribution in [1.29, 1.82) is 0 Å². The zero-order valence-electron chi connectivity index (χ0n) is 16.8. The van der Waals surface area contributed by atoms with Gasteiger partial charge in [0.15, 0.2) is 5.54 Å². The average molecular weight is 409 g/mol. The molecule has 1 heterocycles. The Bertz CT molecular complexity index is 868. The predicted molar refractivity (Wildman–Crippen MR) is 115 cm³/mol. The molecule has 1 aliphatic heterocycles. The van der Waals surface area contributed by atoms with Gasteiger partial charge in [-0.1, -0.05) is 36.4 Å². The minimum Gasteiger partial charge on any atom is -0.494 e. The number of nitrogens with one attached hydrogen (secondary N) is 2. The Labute approximate surface area is 176 Å². The lowest BCUT2D eigenvalue weighted by Gasteiger charge is -2.21. The molecule has 7 heteroatoms. The molecule has 0 fully saturated rings. The molecule has 3 N–H and O–H groups in total. The van der Waals surface area contributed by atoms with Gasteiger partial charge in [-0.2, -0.15) is 0 Å². The number of aliphatic hydroxyl groups excluding tert-OH is 1. The van der Waals surface area contributed by atoms with Crippen LogP contribution in [0.15, 0.2) is 72.2 Å². The van der Waals surface area contributed by atoms with Gasteiger partial charge in [0.1, 0.15) is 12.4 Å². The van der Waals surface area contributed by atoms with E-state index in [9.17, 15) is 4.79 Å². The normalized spacial score (nSPS) is 17.7. The van der Waals surface area contributed by atoms with Gasteiger partial charge in [-0.3, -0.25) is 10.2 Å². The molecule has 0 radical (unpaired) electrons. The van der Waals surface area contributed by atoms with Gasteiger partial charge in [-0.15, -0.1) is 6.58 Å². The van der Waals surface area contributed by atoms with Gasteiger partial charge in [0.2, 0.25) is 5.90 Å². The van der Waals surface area contributed by atoms with Crippen LogP contribution in [-0.4, -0.2) is 42.3 Å². The molecule has 0 bridgehead atoms. The summed E-state index contributed by atoms with van der Waals surface area (Å²) in [5.41, 5.74) is 6.46. The van der Waals surface area contributed by atoms with Crippen molar-refractivity contribution in [3.63, 3.8) is 0 Å². The molecule has 7 nitrogen and oxygen atoms in total. The van der Waals surface area contributed by atoms with Gasteiger partial charge in [-0.25, -0.2) is 10.4 Å². The highest BCUT2D eigenvalue weighted by Crippen LogP contribution is 2.27. The van der Waals surface area contributed by atoms with Crippen molar-refractivity contribution >= 4 is 11.8 Å². The second-order valence-corrected chi connectivity index (χ2v) is 6.97. The number of rotatable bonds is 11. The van der Waals surface area contributed by atoms with Crippen molar-refractivity contribution in [1.82, 2.24) is 10.9 Å². The Morgan fingerprint density at radius 1 is 1.23 bits per heavy atom. The standard InChI is InChI=1S/C23H27N3O4/c1-2-13-23(22(28)26-24-16-18-7-4-3-5-8-18)17-30-21(25-23)19-9-11-20(12-10-19)29-15-6-14-27/h2-5,7-12,24,27H,1,6,13-17H2,(H,26,28)/t23-/m0/s1. The van der Waals surface area contributed by atoms with Crippen LogP contribution >= 0.6 is 0 Å². The Morgan fingerprint density at radius 3 is 2.70 bits per heavy atom. The van der Waals surface area contributed by atoms with Crippen molar-refractivity contribution in [3.05, 3.63) is 78.4 Å². The Morgan fingerprint density at radius 2 is 2.00 bits per heavy atom. The maximum absolute atomic E-state index is 12.9. The largest absolute Gasteiger partial charge is 0.494 e. The van der Waals surface area contributed by atoms with E-state index in [0.29, 0.717) is 37.6 Å². The highest BCUT2D eigenvalue weighted by atomic mass is 16.5. The van der Waals surface area contributed by atoms with Crippen molar-refractivity contribution in [2.75, 3.05) is 19.8 Å². The fraction of sp³-hybridized carbons (Fsp3) is 0.304. The number of ether oxygens (including phenoxy) is 2. The minimum absolute atomic E-state index is 0.0936. The molecule has 0 unspecified atom stereocenters. The van der Waals surface area contributed by atoms with E-state index in [0.717, 1.165) is 11.1 Å². The molecule has 1 aliphatic rings. The van der Waals surface area contributed by atoms with E-state index < -0.39 is 5.54 Å². The fourth-order valence-corrected chi connectivity index (χ4v) is 3.03. The van der Waals surface area contributed by atoms with E-state index in [1.54, 1.807) is 6.08 Å². The maximum atomic E-state index is 12.9. The minimum atomic E-state index is -1.06. The summed E-state index contributed by atoms with van der Waals surface area (Å²) in [7, 11) is 0. The lowest BCUT2D eigenvalue weighted by molar-refractivity contribution is -0.127. The highest BCUT2D eigenvalue weighted by molar-refractivity contribution is 6.00. The van der Waals surface area contributed by atoms with Gasteiger partial charge < -0.3 is 14.6 Å². The third-order valence-corrected chi connectivity index (χ3v) is 4.68. The summed E-state index contributed by atoms with van der Waals surface area (Å²) in [4.78, 5) is 17.5. The Balaban J connectivity index is 1.64. The average Bonchev–Trinajstić information content (AvgIpc) is 3.21. The van der Waals surface area contributed by atoms with Crippen molar-refractivity contribution in [2.24, 2.45) is 4.99 Å². The van der Waals surface area contributed by atoms with Crippen LogP contribution < -0.4 is 15.6 Å². The van der Waals surface area contributed by atoms with Crippen molar-refractivity contribution < 1.29 is 19.4 Å². The zero-order valence-corrected chi connectivity index (χ0v) is 16.8. The van der Waals surface area contributed by atoms with Crippen LogP contribution in [0.25, 0.3) is 0 Å². The fourth-order valence-electron chi connectivity index (χ4n) is 3.03. The number of aliphatic imine (C=N–C) groups is 1. The topological polar surface area (TPSA) is 92.2 Å². The van der Waals surface area contributed by atoms with E-state index in [4.69, 9.17) is 14.6 Å². The zero-order chi connectivity index (χ0) is 21.2. The first-order valence-corrected chi connectivity index (χ1v) is 9.92. The number of carbonyl (C=O) groups excluding carboxylic acids is 1. The number of hydrazine groups is 1. The maximum Gasteiger partial charge on any atom is 0.266 e. The third kappa shape index (κ3) is 5.46. The molecule has 158 valence electrons. The molecule has 0 aliphatic carbocycles. The molecule has 1 atom stereocenters. The predicted octanol–water partition coefficient (Wildman–Crippen LogP) is 2.36. The van der Waals surface area contributed by atoms with Crippen LogP contribution in [0.2, 0.25) is 0 Å². The van der Waals surface area contributed by atoms with Crippen LogP contribution in [0.1, 0.15) is 24.0 Å². The molecule has 0 saturated carbocycles. The molecule has 2 aromatic rings. The van der Waals surface area contributed by atoms with Crippen LogP contribution in [0.3, 0.4) is 0 Å². The molecular weight excluding hydrogens is 382 g/mol. The second-order valence-electron chi connectivity index (χ2n) is 6.97. The monoisotopic (exact) mass is 409 g/mol. The number of hydrogen-bond donors (Lipinski definition) is 3. The van der Waals surface area contributed by atoms with E-state index >= 15 is 0 Å². The molecule has 2 aromatic carbocycles. The molecule has 0 aromatic heterocycles. The second kappa shape index (κ2) is 10.6. The molecule has 3 rings (SSSR count). The van der Waals surface area contributed by atoms with Crippen LogP contribution in [-0.2, 0) is 16.1 Å². The summed E-state index contributed by atoms with van der Waals surface area (Å²) in [5, 5.41) is 8.83. The first-order chi connectivity index (χ1) is 14.7. The summed E-state index contributed by atoms with van der Waals surface area (Å²) < 4.78 is 11.3. The Kier molecular flexibility index (Phi) is 7.59. The van der Waals surface area contributed by atoms with Crippen molar-refractivity contribution in [3.8, 4) is 5.75 Å². The molecule has 1 amide bonds. The SMILES string of the molecule is C=CC[C@@]1(C(=O)NNCc2ccccc2)COC(c2ccc(OCCCO)cc2)=N1. The van der Waals surface area contributed by atoms with Gasteiger partial charge >= 0.3 is 0 Å². The summed E-state index contributed by atoms with van der Waals surface area (Å²) in [6.07, 6.45) is 2.61. The van der Waals surface area contributed by atoms with Gasteiger partial charge in [0.25, 0.3) is 5.91 Å². The van der Waals surface area contributed by atoms with E-state index in [1.165, 1.54) is 0 Å². The molecule has 0 saturated heterocycles. The Hall–Kier alpha value is -3.16. The van der Waals surface area contributed by atoms with Gasteiger partial charge in [0.05, 0.1) is 6.61 Å². The van der Waals surface area contributed by atoms with E-state index in [2.05, 4.69) is 22.4 Å². The van der Waals surface area contributed by atoms with E-state index in [-0.39, 0.29) is 19.1 Å². The number of nitrogens with zero attached hydrogens (tertiary/aromatic N) is 1. The lowest BCUT2D eigenvalue weighted by Crippen LogP contribution is -2.51. The summed E-state index contributed by atoms with van der Waals surface area (Å²) in [6, 6.07) is 17.1. The first kappa shape index (κ1) is 21.5. The third-order valence-electron chi connectivity index (χ3n) is 4.68. The van der Waals surface area contributed by atoms with Crippen LogP contribution in [0, 0.1) is 0 Å². The quantitative estimate of drug-likeness (QED) is 0.301. The number of aliphatic hydroxyl groups is 1. The number of carbonyl (C=O) groups is 1. The number of hydrogen-bond acceptors (Lipinski definition) is 6.